The normalized spacial score (nSPS) is 36.5. The van der Waals surface area contributed by atoms with Crippen LogP contribution >= 0.6 is 0 Å². The Hall–Kier alpha value is -1.55. The third kappa shape index (κ3) is 2.95. The Morgan fingerprint density at radius 2 is 1.52 bits per heavy atom. The highest BCUT2D eigenvalue weighted by Crippen LogP contribution is 2.56. The van der Waals surface area contributed by atoms with Gasteiger partial charge in [0.1, 0.15) is 0 Å². The van der Waals surface area contributed by atoms with E-state index >= 15 is 0 Å². The number of nitrogens with one attached hydrogen (secondary N) is 1. The van der Waals surface area contributed by atoms with Crippen molar-refractivity contribution in [1.29, 1.82) is 0 Å². The first-order chi connectivity index (χ1) is 12.3. The summed E-state index contributed by atoms with van der Waals surface area (Å²) in [5.41, 5.74) is 2.16. The van der Waals surface area contributed by atoms with Gasteiger partial charge >= 0.3 is 0 Å². The summed E-state index contributed by atoms with van der Waals surface area (Å²) in [4.78, 5) is 15.3. The molecule has 4 nitrogen and oxygen atoms in total. The summed E-state index contributed by atoms with van der Waals surface area (Å²) in [6.07, 6.45) is 6.61. The number of ether oxygens (including phenoxy) is 1. The number of morpholine rings is 1. The zero-order chi connectivity index (χ0) is 16.8. The summed E-state index contributed by atoms with van der Waals surface area (Å²) >= 11 is 0. The summed E-state index contributed by atoms with van der Waals surface area (Å²) in [7, 11) is 0. The van der Waals surface area contributed by atoms with Crippen LogP contribution in [0.2, 0.25) is 0 Å². The standard InChI is InChI=1S/C21H28N2O2/c24-21(20-16-10-14-9-15(12-16)13-17(20)11-14)22-18-1-3-19(4-2-18)23-5-7-25-8-6-23/h1-4,14-17,20H,5-13H2,(H,22,24). The lowest BCUT2D eigenvalue weighted by molar-refractivity contribution is -0.132. The number of anilines is 2. The molecule has 5 aliphatic rings. The van der Waals surface area contributed by atoms with Crippen LogP contribution in [0.25, 0.3) is 0 Å². The van der Waals surface area contributed by atoms with Crippen molar-refractivity contribution < 1.29 is 9.53 Å². The third-order valence-electron chi connectivity index (χ3n) is 7.04. The van der Waals surface area contributed by atoms with Crippen LogP contribution in [0.3, 0.4) is 0 Å². The van der Waals surface area contributed by atoms with Gasteiger partial charge in [0, 0.05) is 30.4 Å². The predicted molar refractivity (Wildman–Crippen MR) is 98.6 cm³/mol. The molecular weight excluding hydrogens is 312 g/mol. The average Bonchev–Trinajstić information content (AvgIpc) is 2.62. The Bertz CT molecular complexity index is 608. The van der Waals surface area contributed by atoms with Crippen LogP contribution in [-0.2, 0) is 9.53 Å². The highest BCUT2D eigenvalue weighted by Gasteiger charge is 2.50. The van der Waals surface area contributed by atoms with E-state index in [0.29, 0.717) is 11.8 Å². The molecule has 1 heterocycles. The molecule has 1 saturated heterocycles. The van der Waals surface area contributed by atoms with Crippen LogP contribution < -0.4 is 10.2 Å². The van der Waals surface area contributed by atoms with Gasteiger partial charge in [0.25, 0.3) is 0 Å². The Kier molecular flexibility index (Phi) is 3.96. The van der Waals surface area contributed by atoms with E-state index in [-0.39, 0.29) is 11.8 Å². The fourth-order valence-corrected chi connectivity index (χ4v) is 6.16. The van der Waals surface area contributed by atoms with Gasteiger partial charge in [-0.3, -0.25) is 4.79 Å². The van der Waals surface area contributed by atoms with Gasteiger partial charge in [-0.15, -0.1) is 0 Å². The van der Waals surface area contributed by atoms with Gasteiger partial charge in [-0.2, -0.15) is 0 Å². The quantitative estimate of drug-likeness (QED) is 0.915. The second kappa shape index (κ2) is 6.31. The number of hydrogen-bond acceptors (Lipinski definition) is 3. The molecule has 4 saturated carbocycles. The van der Waals surface area contributed by atoms with Gasteiger partial charge < -0.3 is 15.0 Å². The van der Waals surface area contributed by atoms with Gasteiger partial charge in [-0.25, -0.2) is 0 Å². The lowest BCUT2D eigenvalue weighted by atomic mass is 9.51. The molecule has 0 atom stereocenters. The van der Waals surface area contributed by atoms with Crippen molar-refractivity contribution in [2.24, 2.45) is 29.6 Å². The molecule has 4 aliphatic carbocycles. The largest absolute Gasteiger partial charge is 0.378 e. The summed E-state index contributed by atoms with van der Waals surface area (Å²) < 4.78 is 5.41. The molecular formula is C21H28N2O2. The van der Waals surface area contributed by atoms with E-state index in [1.165, 1.54) is 37.8 Å². The van der Waals surface area contributed by atoms with Crippen LogP contribution in [0.15, 0.2) is 24.3 Å². The van der Waals surface area contributed by atoms with E-state index in [0.717, 1.165) is 43.8 Å². The molecule has 0 radical (unpaired) electrons. The second-order valence-electron chi connectivity index (χ2n) is 8.59. The van der Waals surface area contributed by atoms with E-state index in [4.69, 9.17) is 4.74 Å². The molecule has 6 rings (SSSR count). The van der Waals surface area contributed by atoms with E-state index in [9.17, 15) is 4.79 Å². The van der Waals surface area contributed by atoms with Crippen molar-refractivity contribution in [2.75, 3.05) is 36.5 Å². The highest BCUT2D eigenvalue weighted by molar-refractivity contribution is 5.93. The second-order valence-corrected chi connectivity index (χ2v) is 8.59. The molecule has 0 aromatic heterocycles. The number of benzene rings is 1. The maximum absolute atomic E-state index is 13.0. The predicted octanol–water partition coefficient (Wildman–Crippen LogP) is 3.53. The molecule has 1 aliphatic heterocycles. The van der Waals surface area contributed by atoms with Gasteiger partial charge in [-0.1, -0.05) is 0 Å². The van der Waals surface area contributed by atoms with Crippen molar-refractivity contribution in [3.63, 3.8) is 0 Å². The van der Waals surface area contributed by atoms with Crippen molar-refractivity contribution in [3.05, 3.63) is 24.3 Å². The summed E-state index contributed by atoms with van der Waals surface area (Å²) in [5, 5.41) is 3.22. The first-order valence-corrected chi connectivity index (χ1v) is 10.00. The van der Waals surface area contributed by atoms with Crippen LogP contribution in [0.1, 0.15) is 32.1 Å². The van der Waals surface area contributed by atoms with Gasteiger partial charge in [-0.05, 0) is 80.0 Å². The first kappa shape index (κ1) is 15.7. The SMILES string of the molecule is O=C(Nc1ccc(N2CCOCC2)cc1)C1C2CC3CC(C2)CC1C3. The molecule has 0 unspecified atom stereocenters. The number of amides is 1. The molecule has 5 fully saturated rings. The minimum atomic E-state index is 0.256. The van der Waals surface area contributed by atoms with E-state index < -0.39 is 0 Å². The first-order valence-electron chi connectivity index (χ1n) is 10.00. The Labute approximate surface area is 149 Å². The van der Waals surface area contributed by atoms with Crippen molar-refractivity contribution in [3.8, 4) is 0 Å². The van der Waals surface area contributed by atoms with Crippen molar-refractivity contribution in [1.82, 2.24) is 0 Å². The van der Waals surface area contributed by atoms with Gasteiger partial charge in [0.15, 0.2) is 0 Å². The maximum atomic E-state index is 13.0. The minimum absolute atomic E-state index is 0.256. The Balaban J connectivity index is 1.25. The molecule has 1 aromatic carbocycles. The third-order valence-corrected chi connectivity index (χ3v) is 7.04. The fourth-order valence-electron chi connectivity index (χ4n) is 6.16. The van der Waals surface area contributed by atoms with Gasteiger partial charge in [0.05, 0.1) is 13.2 Å². The molecule has 25 heavy (non-hydrogen) atoms. The molecule has 1 N–H and O–H groups in total. The van der Waals surface area contributed by atoms with E-state index in [1.54, 1.807) is 0 Å². The number of carbonyl (C=O) groups excluding carboxylic acids is 1. The lowest BCUT2D eigenvalue weighted by Crippen LogP contribution is -2.49. The monoisotopic (exact) mass is 340 g/mol. The Morgan fingerprint density at radius 1 is 0.920 bits per heavy atom. The number of hydrogen-bond donors (Lipinski definition) is 1. The number of rotatable bonds is 3. The molecule has 1 amide bonds. The maximum Gasteiger partial charge on any atom is 0.228 e. The van der Waals surface area contributed by atoms with Crippen molar-refractivity contribution in [2.45, 2.75) is 32.1 Å². The molecule has 4 heteroatoms. The average molecular weight is 340 g/mol. The smallest absolute Gasteiger partial charge is 0.228 e. The molecule has 4 bridgehead atoms. The summed E-state index contributed by atoms with van der Waals surface area (Å²) in [6.45, 7) is 3.48. The zero-order valence-corrected chi connectivity index (χ0v) is 14.8. The fraction of sp³-hybridized carbons (Fsp3) is 0.667. The summed E-state index contributed by atoms with van der Waals surface area (Å²) in [5.74, 6) is 3.64. The van der Waals surface area contributed by atoms with E-state index in [1.807, 2.05) is 0 Å². The molecule has 0 spiro atoms. The van der Waals surface area contributed by atoms with Crippen LogP contribution in [0.5, 0.6) is 0 Å². The number of nitrogens with zero attached hydrogens (tertiary/aromatic N) is 1. The zero-order valence-electron chi connectivity index (χ0n) is 14.8. The minimum Gasteiger partial charge on any atom is -0.378 e. The van der Waals surface area contributed by atoms with Crippen molar-refractivity contribution >= 4 is 17.3 Å². The Morgan fingerprint density at radius 3 is 2.12 bits per heavy atom. The highest BCUT2D eigenvalue weighted by atomic mass is 16.5. The lowest BCUT2D eigenvalue weighted by Gasteiger charge is -2.53. The van der Waals surface area contributed by atoms with Gasteiger partial charge in [0.2, 0.25) is 5.91 Å². The van der Waals surface area contributed by atoms with E-state index in [2.05, 4.69) is 34.5 Å². The van der Waals surface area contributed by atoms with Crippen LogP contribution in [0.4, 0.5) is 11.4 Å². The topological polar surface area (TPSA) is 41.6 Å². The number of carbonyl (C=O) groups is 1. The molecule has 134 valence electrons. The van der Waals surface area contributed by atoms with Crippen LogP contribution in [-0.4, -0.2) is 32.2 Å². The van der Waals surface area contributed by atoms with Crippen LogP contribution in [0, 0.1) is 29.6 Å². The summed E-state index contributed by atoms with van der Waals surface area (Å²) in [6, 6.07) is 8.35. The molecule has 1 aromatic rings.